The SMILES string of the molecule is Cc1cc(C(=O)NC2CCCNC2=O)sc1C#CCO. The molecule has 1 aromatic heterocycles. The second-order valence-electron chi connectivity index (χ2n) is 4.54. The number of rotatable bonds is 2. The number of piperidine rings is 1. The summed E-state index contributed by atoms with van der Waals surface area (Å²) in [5.74, 6) is 5.00. The third-order valence-corrected chi connectivity index (χ3v) is 4.16. The van der Waals surface area contributed by atoms with Gasteiger partial charge in [-0.1, -0.05) is 11.8 Å². The third kappa shape index (κ3) is 3.38. The first-order valence-electron chi connectivity index (χ1n) is 6.40. The van der Waals surface area contributed by atoms with Crippen LogP contribution in [0.25, 0.3) is 0 Å². The van der Waals surface area contributed by atoms with Crippen molar-refractivity contribution in [2.45, 2.75) is 25.8 Å². The van der Waals surface area contributed by atoms with Crippen LogP contribution in [0.2, 0.25) is 0 Å². The number of hydrogen-bond acceptors (Lipinski definition) is 4. The summed E-state index contributed by atoms with van der Waals surface area (Å²) < 4.78 is 0. The molecule has 6 heteroatoms. The Labute approximate surface area is 121 Å². The van der Waals surface area contributed by atoms with Crippen LogP contribution in [0.4, 0.5) is 0 Å². The lowest BCUT2D eigenvalue weighted by molar-refractivity contribution is -0.124. The molecule has 1 unspecified atom stereocenters. The van der Waals surface area contributed by atoms with Crippen LogP contribution in [0.5, 0.6) is 0 Å². The van der Waals surface area contributed by atoms with E-state index in [-0.39, 0.29) is 18.4 Å². The van der Waals surface area contributed by atoms with Crippen molar-refractivity contribution in [1.29, 1.82) is 0 Å². The lowest BCUT2D eigenvalue weighted by Crippen LogP contribution is -2.50. The first-order valence-corrected chi connectivity index (χ1v) is 7.22. The Kier molecular flexibility index (Phi) is 4.77. The highest BCUT2D eigenvalue weighted by atomic mass is 32.1. The predicted molar refractivity (Wildman–Crippen MR) is 76.5 cm³/mol. The van der Waals surface area contributed by atoms with Gasteiger partial charge in [0, 0.05) is 6.54 Å². The Morgan fingerprint density at radius 1 is 1.65 bits per heavy atom. The lowest BCUT2D eigenvalue weighted by Gasteiger charge is -2.22. The molecule has 1 aliphatic heterocycles. The smallest absolute Gasteiger partial charge is 0.262 e. The quantitative estimate of drug-likeness (QED) is 0.691. The van der Waals surface area contributed by atoms with Gasteiger partial charge in [-0.25, -0.2) is 0 Å². The number of hydrogen-bond donors (Lipinski definition) is 3. The van der Waals surface area contributed by atoms with E-state index >= 15 is 0 Å². The van der Waals surface area contributed by atoms with Gasteiger partial charge in [0.05, 0.1) is 9.75 Å². The number of aryl methyl sites for hydroxylation is 1. The Morgan fingerprint density at radius 3 is 3.15 bits per heavy atom. The molecule has 1 aliphatic rings. The van der Waals surface area contributed by atoms with Crippen molar-refractivity contribution in [2.24, 2.45) is 0 Å². The molecule has 20 heavy (non-hydrogen) atoms. The molecule has 3 N–H and O–H groups in total. The molecular weight excluding hydrogens is 276 g/mol. The minimum atomic E-state index is -0.453. The van der Waals surface area contributed by atoms with Gasteiger partial charge in [0.25, 0.3) is 5.91 Å². The van der Waals surface area contributed by atoms with Crippen molar-refractivity contribution in [3.8, 4) is 11.8 Å². The Hall–Kier alpha value is -1.84. The molecule has 1 saturated heterocycles. The van der Waals surface area contributed by atoms with E-state index in [0.717, 1.165) is 16.9 Å². The van der Waals surface area contributed by atoms with Crippen molar-refractivity contribution < 1.29 is 14.7 Å². The van der Waals surface area contributed by atoms with Crippen LogP contribution in [0.15, 0.2) is 6.07 Å². The van der Waals surface area contributed by atoms with Gasteiger partial charge in [-0.15, -0.1) is 11.3 Å². The van der Waals surface area contributed by atoms with Gasteiger partial charge in [0.1, 0.15) is 12.6 Å². The number of amides is 2. The molecule has 0 aromatic carbocycles. The normalized spacial score (nSPS) is 17.9. The van der Waals surface area contributed by atoms with Gasteiger partial charge in [0.15, 0.2) is 0 Å². The summed E-state index contributed by atoms with van der Waals surface area (Å²) >= 11 is 1.27. The molecule has 0 bridgehead atoms. The summed E-state index contributed by atoms with van der Waals surface area (Å²) in [6.45, 7) is 2.33. The van der Waals surface area contributed by atoms with Gasteiger partial charge in [-0.2, -0.15) is 0 Å². The summed E-state index contributed by atoms with van der Waals surface area (Å²) in [7, 11) is 0. The van der Waals surface area contributed by atoms with Crippen LogP contribution >= 0.6 is 11.3 Å². The fourth-order valence-electron chi connectivity index (χ4n) is 1.98. The maximum absolute atomic E-state index is 12.1. The Bertz CT molecular complexity index is 583. The highest BCUT2D eigenvalue weighted by Crippen LogP contribution is 2.21. The first-order chi connectivity index (χ1) is 9.61. The van der Waals surface area contributed by atoms with E-state index in [1.807, 2.05) is 6.92 Å². The zero-order chi connectivity index (χ0) is 14.5. The molecule has 2 rings (SSSR count). The number of aliphatic hydroxyl groups excluding tert-OH is 1. The summed E-state index contributed by atoms with van der Waals surface area (Å²) in [5.41, 5.74) is 0.897. The average Bonchev–Trinajstić information content (AvgIpc) is 2.80. The lowest BCUT2D eigenvalue weighted by atomic mass is 10.1. The van der Waals surface area contributed by atoms with Crippen molar-refractivity contribution in [3.63, 3.8) is 0 Å². The number of nitrogens with one attached hydrogen (secondary N) is 2. The largest absolute Gasteiger partial charge is 0.384 e. The van der Waals surface area contributed by atoms with Gasteiger partial charge in [0.2, 0.25) is 5.91 Å². The van der Waals surface area contributed by atoms with Crippen LogP contribution in [0.3, 0.4) is 0 Å². The maximum Gasteiger partial charge on any atom is 0.262 e. The van der Waals surface area contributed by atoms with Crippen molar-refractivity contribution >= 4 is 23.2 Å². The second-order valence-corrected chi connectivity index (χ2v) is 5.59. The van der Waals surface area contributed by atoms with Crippen LogP contribution in [-0.4, -0.2) is 36.1 Å². The van der Waals surface area contributed by atoms with E-state index in [2.05, 4.69) is 22.5 Å². The second kappa shape index (κ2) is 6.55. The first kappa shape index (κ1) is 14.6. The minimum absolute atomic E-state index is 0.127. The molecule has 1 aromatic rings. The summed E-state index contributed by atoms with van der Waals surface area (Å²) in [4.78, 5) is 25.0. The van der Waals surface area contributed by atoms with E-state index in [4.69, 9.17) is 5.11 Å². The molecule has 106 valence electrons. The van der Waals surface area contributed by atoms with Crippen LogP contribution in [0, 0.1) is 18.8 Å². The van der Waals surface area contributed by atoms with Crippen LogP contribution < -0.4 is 10.6 Å². The molecule has 0 aliphatic carbocycles. The van der Waals surface area contributed by atoms with Gasteiger partial charge in [-0.3, -0.25) is 9.59 Å². The summed E-state index contributed by atoms with van der Waals surface area (Å²) in [5, 5.41) is 14.2. The van der Waals surface area contributed by atoms with Gasteiger partial charge >= 0.3 is 0 Å². The summed E-state index contributed by atoms with van der Waals surface area (Å²) in [6, 6.07) is 1.30. The molecule has 1 fully saturated rings. The molecule has 1 atom stereocenters. The van der Waals surface area contributed by atoms with Gasteiger partial charge in [-0.05, 0) is 31.4 Å². The third-order valence-electron chi connectivity index (χ3n) is 3.01. The van der Waals surface area contributed by atoms with Crippen molar-refractivity contribution in [2.75, 3.05) is 13.2 Å². The monoisotopic (exact) mass is 292 g/mol. The zero-order valence-electron chi connectivity index (χ0n) is 11.2. The molecule has 0 spiro atoms. The fraction of sp³-hybridized carbons (Fsp3) is 0.429. The molecule has 0 radical (unpaired) electrons. The predicted octanol–water partition coefficient (Wildman–Crippen LogP) is 0.409. The fourth-order valence-corrected chi connectivity index (χ4v) is 2.93. The number of carbonyl (C=O) groups is 2. The van der Waals surface area contributed by atoms with E-state index in [0.29, 0.717) is 17.8 Å². The van der Waals surface area contributed by atoms with E-state index in [1.165, 1.54) is 11.3 Å². The highest BCUT2D eigenvalue weighted by molar-refractivity contribution is 7.14. The molecule has 5 nitrogen and oxygen atoms in total. The number of aliphatic hydroxyl groups is 1. The highest BCUT2D eigenvalue weighted by Gasteiger charge is 2.24. The molecule has 0 saturated carbocycles. The van der Waals surface area contributed by atoms with E-state index in [1.54, 1.807) is 6.07 Å². The van der Waals surface area contributed by atoms with E-state index < -0.39 is 6.04 Å². The maximum atomic E-state index is 12.1. The van der Waals surface area contributed by atoms with Gasteiger partial charge < -0.3 is 15.7 Å². The zero-order valence-corrected chi connectivity index (χ0v) is 12.0. The average molecular weight is 292 g/mol. The summed E-state index contributed by atoms with van der Waals surface area (Å²) in [6.07, 6.45) is 1.53. The molecular formula is C14H16N2O3S. The Balaban J connectivity index is 2.07. The minimum Gasteiger partial charge on any atom is -0.384 e. The van der Waals surface area contributed by atoms with Crippen molar-refractivity contribution in [1.82, 2.24) is 10.6 Å². The number of carbonyl (C=O) groups excluding carboxylic acids is 2. The van der Waals surface area contributed by atoms with E-state index in [9.17, 15) is 9.59 Å². The molecule has 2 amide bonds. The topological polar surface area (TPSA) is 78.4 Å². The van der Waals surface area contributed by atoms with Crippen LogP contribution in [-0.2, 0) is 4.79 Å². The Morgan fingerprint density at radius 2 is 2.45 bits per heavy atom. The number of thiophene rings is 1. The van der Waals surface area contributed by atoms with Crippen LogP contribution in [0.1, 0.15) is 33.0 Å². The standard InChI is InChI=1S/C14H16N2O3S/c1-9-8-12(20-11(9)5-3-7-17)14(19)16-10-4-2-6-15-13(10)18/h8,10,17H,2,4,6-7H2,1H3,(H,15,18)(H,16,19). The molecule has 2 heterocycles. The van der Waals surface area contributed by atoms with Crippen molar-refractivity contribution in [3.05, 3.63) is 21.4 Å².